The average molecular weight is 452 g/mol. The van der Waals surface area contributed by atoms with E-state index in [0.29, 0.717) is 20.7 Å². The van der Waals surface area contributed by atoms with E-state index in [0.717, 1.165) is 17.5 Å². The van der Waals surface area contributed by atoms with Gasteiger partial charge in [0.05, 0.1) is 22.5 Å². The Morgan fingerprint density at radius 1 is 1.15 bits per heavy atom. The lowest BCUT2D eigenvalue weighted by Crippen LogP contribution is -2.12. The summed E-state index contributed by atoms with van der Waals surface area (Å²) in [6, 6.07) is 12.2. The van der Waals surface area contributed by atoms with Crippen LogP contribution in [-0.4, -0.2) is 25.6 Å². The second kappa shape index (κ2) is 7.56. The van der Waals surface area contributed by atoms with E-state index in [2.05, 4.69) is 31.0 Å². The van der Waals surface area contributed by atoms with Crippen molar-refractivity contribution in [3.05, 3.63) is 63.4 Å². The number of carbonyl (C=O) groups is 1. The number of pyridine rings is 1. The fourth-order valence-electron chi connectivity index (χ4n) is 2.25. The number of nitrogens with zero attached hydrogens (tertiary/aromatic N) is 1. The van der Waals surface area contributed by atoms with Crippen LogP contribution in [0.15, 0.2) is 58.5 Å². The maximum atomic E-state index is 12.5. The summed E-state index contributed by atoms with van der Waals surface area (Å²) < 4.78 is 25.8. The number of sulfonamides is 1. The van der Waals surface area contributed by atoms with Crippen LogP contribution in [0.25, 0.3) is 11.3 Å². The molecule has 0 saturated heterocycles. The molecule has 0 atom stereocenters. The maximum Gasteiger partial charge on any atom is 0.265 e. The minimum absolute atomic E-state index is 0.277. The number of halogens is 1. The van der Waals surface area contributed by atoms with Crippen molar-refractivity contribution in [2.24, 2.45) is 0 Å². The van der Waals surface area contributed by atoms with Gasteiger partial charge in [0.2, 0.25) is 10.0 Å². The highest BCUT2D eigenvalue weighted by Gasteiger charge is 2.12. The van der Waals surface area contributed by atoms with Crippen LogP contribution in [0.3, 0.4) is 0 Å². The third kappa shape index (κ3) is 4.90. The lowest BCUT2D eigenvalue weighted by molar-refractivity contribution is 0.103. The molecule has 2 N–H and O–H groups in total. The van der Waals surface area contributed by atoms with Gasteiger partial charge in [0.1, 0.15) is 0 Å². The topological polar surface area (TPSA) is 88.2 Å². The Balaban J connectivity index is 1.79. The SMILES string of the molecule is CS(=O)(=O)Nc1cc(Br)cc(NC(=O)c2cc(-c3ccccn3)cs2)c1. The van der Waals surface area contributed by atoms with Crippen molar-refractivity contribution >= 4 is 54.6 Å². The first-order valence-corrected chi connectivity index (χ1v) is 11.0. The van der Waals surface area contributed by atoms with Crippen molar-refractivity contribution < 1.29 is 13.2 Å². The van der Waals surface area contributed by atoms with Crippen LogP contribution in [0.5, 0.6) is 0 Å². The highest BCUT2D eigenvalue weighted by Crippen LogP contribution is 2.27. The van der Waals surface area contributed by atoms with Crippen LogP contribution in [0.2, 0.25) is 0 Å². The molecular formula is C17H14BrN3O3S2. The summed E-state index contributed by atoms with van der Waals surface area (Å²) in [6.07, 6.45) is 2.77. The first-order chi connectivity index (χ1) is 12.3. The van der Waals surface area contributed by atoms with Crippen molar-refractivity contribution in [3.8, 4) is 11.3 Å². The van der Waals surface area contributed by atoms with Gasteiger partial charge in [-0.2, -0.15) is 0 Å². The molecule has 1 amide bonds. The average Bonchev–Trinajstić information content (AvgIpc) is 3.03. The smallest absolute Gasteiger partial charge is 0.265 e. The predicted octanol–water partition coefficient (Wildman–Crippen LogP) is 4.20. The number of amides is 1. The van der Waals surface area contributed by atoms with E-state index < -0.39 is 10.0 Å². The Morgan fingerprint density at radius 3 is 2.62 bits per heavy atom. The van der Waals surface area contributed by atoms with E-state index in [1.807, 2.05) is 23.6 Å². The molecule has 0 aliphatic rings. The molecule has 0 fully saturated rings. The lowest BCUT2D eigenvalue weighted by Gasteiger charge is -2.09. The van der Waals surface area contributed by atoms with E-state index in [1.54, 1.807) is 30.5 Å². The quantitative estimate of drug-likeness (QED) is 0.608. The monoisotopic (exact) mass is 451 g/mol. The van der Waals surface area contributed by atoms with Crippen LogP contribution in [0, 0.1) is 0 Å². The Kier molecular flexibility index (Phi) is 5.40. The minimum atomic E-state index is -3.41. The van der Waals surface area contributed by atoms with Crippen molar-refractivity contribution in [1.29, 1.82) is 0 Å². The first kappa shape index (κ1) is 18.6. The summed E-state index contributed by atoms with van der Waals surface area (Å²) in [7, 11) is -3.41. The zero-order valence-electron chi connectivity index (χ0n) is 13.6. The Labute approximate surface area is 163 Å². The summed E-state index contributed by atoms with van der Waals surface area (Å²) in [4.78, 5) is 17.3. The Hall–Kier alpha value is -2.23. The number of hydrogen-bond acceptors (Lipinski definition) is 5. The second-order valence-corrected chi connectivity index (χ2v) is 9.05. The van der Waals surface area contributed by atoms with Gasteiger partial charge < -0.3 is 5.32 Å². The van der Waals surface area contributed by atoms with Crippen molar-refractivity contribution in [2.45, 2.75) is 0 Å². The lowest BCUT2D eigenvalue weighted by atomic mass is 10.2. The first-order valence-electron chi connectivity index (χ1n) is 7.40. The fourth-order valence-corrected chi connectivity index (χ4v) is 4.09. The van der Waals surface area contributed by atoms with Gasteiger partial charge in [0.25, 0.3) is 5.91 Å². The molecule has 9 heteroatoms. The zero-order chi connectivity index (χ0) is 18.7. The normalized spacial score (nSPS) is 11.2. The molecule has 0 aliphatic carbocycles. The summed E-state index contributed by atoms with van der Waals surface area (Å²) >= 11 is 4.62. The van der Waals surface area contributed by atoms with Gasteiger partial charge in [-0.05, 0) is 36.4 Å². The Bertz CT molecular complexity index is 1050. The van der Waals surface area contributed by atoms with Crippen molar-refractivity contribution in [1.82, 2.24) is 4.98 Å². The minimum Gasteiger partial charge on any atom is -0.321 e. The molecule has 0 aliphatic heterocycles. The molecule has 0 spiro atoms. The van der Waals surface area contributed by atoms with Crippen LogP contribution in [-0.2, 0) is 10.0 Å². The third-order valence-electron chi connectivity index (χ3n) is 3.24. The number of hydrogen-bond donors (Lipinski definition) is 2. The molecule has 0 radical (unpaired) electrons. The number of anilines is 2. The standard InChI is InChI=1S/C17H14BrN3O3S2/c1-26(23,24)21-14-8-12(18)7-13(9-14)20-17(22)16-6-11(10-25-16)15-4-2-3-5-19-15/h2-10,21H,1H3,(H,20,22). The molecule has 0 unspecified atom stereocenters. The molecular weight excluding hydrogens is 438 g/mol. The van der Waals surface area contributed by atoms with Gasteiger partial charge in [-0.25, -0.2) is 8.42 Å². The number of benzene rings is 1. The molecule has 1 aromatic carbocycles. The van der Waals surface area contributed by atoms with Crippen molar-refractivity contribution in [3.63, 3.8) is 0 Å². The number of nitrogens with one attached hydrogen (secondary N) is 2. The van der Waals surface area contributed by atoms with Gasteiger partial charge >= 0.3 is 0 Å². The molecule has 6 nitrogen and oxygen atoms in total. The fraction of sp³-hybridized carbons (Fsp3) is 0.0588. The Morgan fingerprint density at radius 2 is 1.92 bits per heavy atom. The summed E-state index contributed by atoms with van der Waals surface area (Å²) in [5.41, 5.74) is 2.50. The van der Waals surface area contributed by atoms with Gasteiger partial charge in [-0.15, -0.1) is 11.3 Å². The number of aromatic nitrogens is 1. The van der Waals surface area contributed by atoms with E-state index in [4.69, 9.17) is 0 Å². The molecule has 2 heterocycles. The summed E-state index contributed by atoms with van der Waals surface area (Å²) in [6.45, 7) is 0. The molecule has 26 heavy (non-hydrogen) atoms. The maximum absolute atomic E-state index is 12.5. The van der Waals surface area contributed by atoms with Crippen LogP contribution in [0.4, 0.5) is 11.4 Å². The van der Waals surface area contributed by atoms with Crippen molar-refractivity contribution in [2.75, 3.05) is 16.3 Å². The third-order valence-corrected chi connectivity index (χ3v) is 5.24. The van der Waals surface area contributed by atoms with Crippen LogP contribution < -0.4 is 10.0 Å². The second-order valence-electron chi connectivity index (χ2n) is 5.47. The van der Waals surface area contributed by atoms with E-state index in [-0.39, 0.29) is 5.91 Å². The van der Waals surface area contributed by atoms with E-state index in [9.17, 15) is 13.2 Å². The van der Waals surface area contributed by atoms with E-state index in [1.165, 1.54) is 11.3 Å². The van der Waals surface area contributed by atoms with Crippen LogP contribution >= 0.6 is 27.3 Å². The molecule has 0 saturated carbocycles. The van der Waals surface area contributed by atoms with E-state index >= 15 is 0 Å². The number of rotatable bonds is 5. The molecule has 0 bridgehead atoms. The zero-order valence-corrected chi connectivity index (χ0v) is 16.8. The predicted molar refractivity (Wildman–Crippen MR) is 108 cm³/mol. The number of thiophene rings is 1. The number of carbonyl (C=O) groups excluding carboxylic acids is 1. The van der Waals surface area contributed by atoms with Gasteiger partial charge in [-0.1, -0.05) is 22.0 Å². The molecule has 134 valence electrons. The van der Waals surface area contributed by atoms with Gasteiger partial charge in [0, 0.05) is 27.3 Å². The largest absolute Gasteiger partial charge is 0.321 e. The molecule has 3 rings (SSSR count). The van der Waals surface area contributed by atoms with Gasteiger partial charge in [0.15, 0.2) is 0 Å². The molecule has 2 aromatic heterocycles. The van der Waals surface area contributed by atoms with Gasteiger partial charge in [-0.3, -0.25) is 14.5 Å². The highest BCUT2D eigenvalue weighted by molar-refractivity contribution is 9.10. The highest BCUT2D eigenvalue weighted by atomic mass is 79.9. The summed E-state index contributed by atoms with van der Waals surface area (Å²) in [5, 5.41) is 4.65. The summed E-state index contributed by atoms with van der Waals surface area (Å²) in [5.74, 6) is -0.277. The molecule has 3 aromatic rings. The van der Waals surface area contributed by atoms with Crippen LogP contribution in [0.1, 0.15) is 9.67 Å².